The third-order valence-corrected chi connectivity index (χ3v) is 9.22. The molecule has 0 saturated carbocycles. The summed E-state index contributed by atoms with van der Waals surface area (Å²) >= 11 is 21.4. The third-order valence-electron chi connectivity index (χ3n) is 6.17. The van der Waals surface area contributed by atoms with E-state index >= 15 is 0 Å². The van der Waals surface area contributed by atoms with Crippen LogP contribution < -0.4 is 14.8 Å². The summed E-state index contributed by atoms with van der Waals surface area (Å²) in [5.74, 6) is -0.672. The largest absolute Gasteiger partial charge is 0.477 e. The van der Waals surface area contributed by atoms with E-state index in [9.17, 15) is 19.5 Å². The predicted molar refractivity (Wildman–Crippen MR) is 160 cm³/mol. The number of nitrogens with zero attached hydrogens (tertiary/aromatic N) is 1. The Morgan fingerprint density at radius 1 is 1.10 bits per heavy atom. The van der Waals surface area contributed by atoms with Crippen LogP contribution in [0, 0.1) is 0 Å². The van der Waals surface area contributed by atoms with Crippen molar-refractivity contribution in [3.05, 3.63) is 97.5 Å². The molecule has 2 N–H and O–H groups in total. The molecule has 41 heavy (non-hydrogen) atoms. The lowest BCUT2D eigenvalue weighted by atomic mass is 10.0. The quantitative estimate of drug-likeness (QED) is 0.184. The number of nitrogens with one attached hydrogen (secondary N) is 1. The maximum Gasteiger partial charge on any atom is 0.352 e. The smallest absolute Gasteiger partial charge is 0.352 e. The van der Waals surface area contributed by atoms with Gasteiger partial charge in [0.15, 0.2) is 11.5 Å². The first-order valence-electron chi connectivity index (χ1n) is 12.2. The number of carboxylic acids is 1. The molecular weight excluding hydrogens is 631 g/mol. The van der Waals surface area contributed by atoms with Gasteiger partial charge >= 0.3 is 5.97 Å². The highest BCUT2D eigenvalue weighted by molar-refractivity contribution is 8.00. The second-order valence-electron chi connectivity index (χ2n) is 8.91. The van der Waals surface area contributed by atoms with Gasteiger partial charge in [0.1, 0.15) is 22.9 Å². The highest BCUT2D eigenvalue weighted by Gasteiger charge is 2.54. The monoisotopic (exact) mass is 650 g/mol. The summed E-state index contributed by atoms with van der Waals surface area (Å²) in [5, 5.41) is 15.1. The highest BCUT2D eigenvalue weighted by atomic mass is 35.5. The van der Waals surface area contributed by atoms with Crippen molar-refractivity contribution >= 4 is 75.7 Å². The Kier molecular flexibility index (Phi) is 9.16. The number of rotatable bonds is 10. The number of thiophene rings is 1. The number of benzene rings is 2. The Labute approximate surface area is 258 Å². The van der Waals surface area contributed by atoms with E-state index in [1.807, 2.05) is 17.5 Å². The van der Waals surface area contributed by atoms with Crippen molar-refractivity contribution in [3.63, 3.8) is 0 Å². The molecule has 2 atom stereocenters. The fourth-order valence-corrected chi connectivity index (χ4v) is 7.01. The number of ether oxygens (including phenoxy) is 2. The molecule has 0 spiro atoms. The molecule has 1 fully saturated rings. The van der Waals surface area contributed by atoms with E-state index in [1.165, 1.54) is 34.3 Å². The lowest BCUT2D eigenvalue weighted by Crippen LogP contribution is -2.70. The number of aliphatic carboxylic acids is 1. The van der Waals surface area contributed by atoms with Gasteiger partial charge in [-0.2, -0.15) is 0 Å². The summed E-state index contributed by atoms with van der Waals surface area (Å²) in [4.78, 5) is 39.6. The molecule has 13 heteroatoms. The summed E-state index contributed by atoms with van der Waals surface area (Å²) in [5.41, 5.74) is 0.474. The van der Waals surface area contributed by atoms with Gasteiger partial charge in [-0.3, -0.25) is 14.5 Å². The zero-order valence-corrected chi connectivity index (χ0v) is 24.9. The van der Waals surface area contributed by atoms with Crippen molar-refractivity contribution in [2.24, 2.45) is 0 Å². The number of hydrogen-bond acceptors (Lipinski definition) is 7. The number of fused-ring (bicyclic) bond motifs is 1. The van der Waals surface area contributed by atoms with Gasteiger partial charge in [0.2, 0.25) is 5.91 Å². The van der Waals surface area contributed by atoms with Crippen LogP contribution in [0.4, 0.5) is 0 Å². The minimum atomic E-state index is -1.21. The van der Waals surface area contributed by atoms with Gasteiger partial charge in [0, 0.05) is 15.7 Å². The Morgan fingerprint density at radius 3 is 2.66 bits per heavy atom. The summed E-state index contributed by atoms with van der Waals surface area (Å²) in [6.45, 7) is 0. The van der Waals surface area contributed by atoms with E-state index in [1.54, 1.807) is 42.5 Å². The summed E-state index contributed by atoms with van der Waals surface area (Å²) in [6, 6.07) is 12.7. The third kappa shape index (κ3) is 6.52. The van der Waals surface area contributed by atoms with Gasteiger partial charge < -0.3 is 19.9 Å². The molecule has 5 rings (SSSR count). The fraction of sp³-hybridized carbons (Fsp3) is 0.179. The molecule has 2 aliphatic heterocycles. The van der Waals surface area contributed by atoms with Gasteiger partial charge in [-0.15, -0.1) is 23.1 Å². The SMILES string of the molecule is O=C(Cc1cccs1)NC1C(=O)N2C(C(=O)O)=C(CC=COc3cccc(Cl)c3Oc3ccc(Cl)cc3Cl)CS[C@@H]12. The Hall–Kier alpha value is -3.15. The Bertz CT molecular complexity index is 1560. The summed E-state index contributed by atoms with van der Waals surface area (Å²) in [7, 11) is 0. The molecule has 0 aliphatic carbocycles. The number of carbonyl (C=O) groups is 3. The van der Waals surface area contributed by atoms with E-state index in [0.717, 1.165) is 4.88 Å². The molecule has 2 amide bonds. The van der Waals surface area contributed by atoms with Crippen LogP contribution in [0.1, 0.15) is 11.3 Å². The van der Waals surface area contributed by atoms with Crippen molar-refractivity contribution in [1.29, 1.82) is 0 Å². The van der Waals surface area contributed by atoms with Crippen molar-refractivity contribution in [1.82, 2.24) is 10.2 Å². The molecule has 212 valence electrons. The molecule has 3 heterocycles. The topological polar surface area (TPSA) is 105 Å². The fourth-order valence-electron chi connectivity index (χ4n) is 4.30. The van der Waals surface area contributed by atoms with Crippen LogP contribution in [0.15, 0.2) is 77.5 Å². The predicted octanol–water partition coefficient (Wildman–Crippen LogP) is 6.76. The first-order chi connectivity index (χ1) is 19.7. The number of hydrogen-bond donors (Lipinski definition) is 2. The van der Waals surface area contributed by atoms with Crippen molar-refractivity contribution in [2.45, 2.75) is 24.3 Å². The van der Waals surface area contributed by atoms with Crippen LogP contribution in [0.25, 0.3) is 0 Å². The molecule has 0 bridgehead atoms. The van der Waals surface area contributed by atoms with E-state index in [4.69, 9.17) is 44.3 Å². The van der Waals surface area contributed by atoms with Crippen LogP contribution in [0.3, 0.4) is 0 Å². The lowest BCUT2D eigenvalue weighted by Gasteiger charge is -2.49. The maximum absolute atomic E-state index is 12.9. The molecule has 8 nitrogen and oxygen atoms in total. The van der Waals surface area contributed by atoms with Gasteiger partial charge in [-0.25, -0.2) is 4.79 Å². The van der Waals surface area contributed by atoms with E-state index < -0.39 is 23.3 Å². The number of allylic oxidation sites excluding steroid dienone is 1. The number of carbonyl (C=O) groups excluding carboxylic acids is 2. The minimum Gasteiger partial charge on any atom is -0.477 e. The Balaban J connectivity index is 1.24. The van der Waals surface area contributed by atoms with Crippen molar-refractivity contribution in [3.8, 4) is 17.2 Å². The first-order valence-corrected chi connectivity index (χ1v) is 15.2. The van der Waals surface area contributed by atoms with E-state index in [2.05, 4.69) is 5.32 Å². The zero-order chi connectivity index (χ0) is 29.1. The van der Waals surface area contributed by atoms with Crippen LogP contribution >= 0.6 is 57.9 Å². The van der Waals surface area contributed by atoms with Crippen LogP contribution in [-0.2, 0) is 20.8 Å². The molecule has 0 radical (unpaired) electrons. The van der Waals surface area contributed by atoms with Crippen molar-refractivity contribution in [2.75, 3.05) is 5.75 Å². The zero-order valence-electron chi connectivity index (χ0n) is 21.0. The summed E-state index contributed by atoms with van der Waals surface area (Å²) in [6.07, 6.45) is 3.43. The molecule has 2 aliphatic rings. The number of β-lactam (4-membered cyclic amide) rings is 1. The second kappa shape index (κ2) is 12.8. The molecule has 3 aromatic rings. The van der Waals surface area contributed by atoms with Crippen LogP contribution in [0.2, 0.25) is 15.1 Å². The average Bonchev–Trinajstić information content (AvgIpc) is 3.45. The van der Waals surface area contributed by atoms with Crippen LogP contribution in [-0.4, -0.2) is 45.0 Å². The number of carboxylic acid groups (broad SMARTS) is 1. The van der Waals surface area contributed by atoms with E-state index in [-0.39, 0.29) is 30.2 Å². The number of amides is 2. The molecule has 1 saturated heterocycles. The summed E-state index contributed by atoms with van der Waals surface area (Å²) < 4.78 is 11.7. The van der Waals surface area contributed by atoms with Gasteiger partial charge in [0.05, 0.1) is 22.7 Å². The van der Waals surface area contributed by atoms with Gasteiger partial charge in [-0.1, -0.05) is 46.9 Å². The van der Waals surface area contributed by atoms with Crippen molar-refractivity contribution < 1.29 is 29.0 Å². The number of para-hydroxylation sites is 1. The minimum absolute atomic E-state index is 0.0729. The van der Waals surface area contributed by atoms with Gasteiger partial charge in [0.25, 0.3) is 5.91 Å². The Morgan fingerprint density at radius 2 is 1.93 bits per heavy atom. The highest BCUT2D eigenvalue weighted by Crippen LogP contribution is 2.42. The standard InChI is InChI=1S/C28H21Cl3N2O6S2/c29-16-8-9-20(19(31)12-16)39-25-18(30)6-1-7-21(25)38-10-2-4-15-14-41-27-23(26(35)33(27)24(15)28(36)37)32-22(34)13-17-5-3-11-40-17/h1-3,5-12,23,27H,4,13-14H2,(H,32,34)(H,36,37)/t23?,27-/m0/s1. The van der Waals surface area contributed by atoms with E-state index in [0.29, 0.717) is 37.9 Å². The van der Waals surface area contributed by atoms with Gasteiger partial charge in [-0.05, 0) is 59.8 Å². The molecule has 1 aromatic heterocycles. The maximum atomic E-state index is 12.9. The lowest BCUT2D eigenvalue weighted by molar-refractivity contribution is -0.150. The normalized spacial score (nSPS) is 18.2. The number of thioether (sulfide) groups is 1. The molecule has 2 aromatic carbocycles. The first kappa shape index (κ1) is 29.3. The molecular formula is C28H21Cl3N2O6S2. The average molecular weight is 652 g/mol. The number of halogens is 3. The second-order valence-corrected chi connectivity index (χ2v) is 12.3. The molecule has 1 unspecified atom stereocenters. The van der Waals surface area contributed by atoms with Crippen LogP contribution in [0.5, 0.6) is 17.2 Å².